The summed E-state index contributed by atoms with van der Waals surface area (Å²) in [5.74, 6) is -0.513. The van der Waals surface area contributed by atoms with Crippen LogP contribution in [0.3, 0.4) is 0 Å². The highest BCUT2D eigenvalue weighted by Crippen LogP contribution is 2.36. The van der Waals surface area contributed by atoms with E-state index in [1.165, 1.54) is 6.07 Å². The van der Waals surface area contributed by atoms with Crippen LogP contribution in [0.4, 0.5) is 21.5 Å². The Balaban J connectivity index is 2.17. The molecule has 1 saturated heterocycles. The molecule has 1 atom stereocenters. The Morgan fingerprint density at radius 2 is 1.85 bits per heavy atom. The fraction of sp³-hybridized carbons (Fsp3) is 0.571. The maximum Gasteiger partial charge on any atom is 0.169 e. The van der Waals surface area contributed by atoms with Crippen LogP contribution in [0.25, 0.3) is 0 Å². The maximum absolute atomic E-state index is 14.3. The largest absolute Gasteiger partial charge is 0.397 e. The van der Waals surface area contributed by atoms with E-state index in [2.05, 4.69) is 18.7 Å². The first-order chi connectivity index (χ1) is 9.45. The van der Waals surface area contributed by atoms with Crippen molar-refractivity contribution in [1.29, 1.82) is 0 Å². The summed E-state index contributed by atoms with van der Waals surface area (Å²) >= 11 is 5.88. The molecule has 4 N–H and O–H groups in total. The molecule has 6 heteroatoms. The molecule has 0 aromatic heterocycles. The molecule has 1 aromatic carbocycles. The number of nitrogens with two attached hydrogens (primary N) is 2. The minimum Gasteiger partial charge on any atom is -0.397 e. The van der Waals surface area contributed by atoms with E-state index in [0.717, 1.165) is 32.6 Å². The van der Waals surface area contributed by atoms with Crippen LogP contribution in [-0.2, 0) is 0 Å². The zero-order chi connectivity index (χ0) is 14.9. The van der Waals surface area contributed by atoms with Gasteiger partial charge in [-0.25, -0.2) is 4.39 Å². The Bertz CT molecular complexity index is 487. The summed E-state index contributed by atoms with van der Waals surface area (Å²) in [6.45, 7) is 7.67. The van der Waals surface area contributed by atoms with Crippen molar-refractivity contribution in [3.05, 3.63) is 16.9 Å². The lowest BCUT2D eigenvalue weighted by Gasteiger charge is -2.39. The highest BCUT2D eigenvalue weighted by atomic mass is 35.5. The summed E-state index contributed by atoms with van der Waals surface area (Å²) in [5, 5.41) is -0.0430. The predicted octanol–water partition coefficient (Wildman–Crippen LogP) is 2.56. The fourth-order valence-electron chi connectivity index (χ4n) is 2.62. The SMILES string of the molecule is CCC(C)N1CCN(c2c(N)cc(N)c(Cl)c2F)CC1. The average molecular weight is 301 g/mol. The van der Waals surface area contributed by atoms with Gasteiger partial charge in [0.25, 0.3) is 0 Å². The number of hydrogen-bond donors (Lipinski definition) is 2. The molecule has 0 spiro atoms. The predicted molar refractivity (Wildman–Crippen MR) is 83.8 cm³/mol. The van der Waals surface area contributed by atoms with Gasteiger partial charge in [-0.2, -0.15) is 0 Å². The van der Waals surface area contributed by atoms with Crippen LogP contribution in [0.2, 0.25) is 5.02 Å². The monoisotopic (exact) mass is 300 g/mol. The van der Waals surface area contributed by atoms with Gasteiger partial charge in [0, 0.05) is 32.2 Å². The van der Waals surface area contributed by atoms with Crippen molar-refractivity contribution in [3.8, 4) is 0 Å². The van der Waals surface area contributed by atoms with Crippen molar-refractivity contribution in [3.63, 3.8) is 0 Å². The molecule has 1 fully saturated rings. The summed E-state index contributed by atoms with van der Waals surface area (Å²) < 4.78 is 14.3. The lowest BCUT2D eigenvalue weighted by atomic mass is 10.1. The molecular weight excluding hydrogens is 279 g/mol. The van der Waals surface area contributed by atoms with E-state index in [0.29, 0.717) is 17.4 Å². The van der Waals surface area contributed by atoms with Crippen molar-refractivity contribution in [2.75, 3.05) is 42.5 Å². The normalized spacial score (nSPS) is 18.3. The molecule has 0 amide bonds. The Labute approximate surface area is 124 Å². The molecule has 0 radical (unpaired) electrons. The second-order valence-electron chi connectivity index (χ2n) is 5.31. The van der Waals surface area contributed by atoms with E-state index < -0.39 is 5.82 Å². The van der Waals surface area contributed by atoms with Gasteiger partial charge >= 0.3 is 0 Å². The maximum atomic E-state index is 14.3. The second kappa shape index (κ2) is 6.06. The van der Waals surface area contributed by atoms with Gasteiger partial charge in [-0.15, -0.1) is 0 Å². The van der Waals surface area contributed by atoms with Crippen LogP contribution >= 0.6 is 11.6 Å². The van der Waals surface area contributed by atoms with E-state index in [1.54, 1.807) is 0 Å². The number of piperazine rings is 1. The van der Waals surface area contributed by atoms with Crippen molar-refractivity contribution in [2.45, 2.75) is 26.3 Å². The van der Waals surface area contributed by atoms with Crippen molar-refractivity contribution in [2.24, 2.45) is 0 Å². The first-order valence-electron chi connectivity index (χ1n) is 6.97. The van der Waals surface area contributed by atoms with Gasteiger partial charge in [-0.05, 0) is 19.4 Å². The minimum absolute atomic E-state index is 0.0430. The third-order valence-corrected chi connectivity index (χ3v) is 4.47. The molecule has 0 bridgehead atoms. The second-order valence-corrected chi connectivity index (χ2v) is 5.69. The highest BCUT2D eigenvalue weighted by Gasteiger charge is 2.25. The molecule has 20 heavy (non-hydrogen) atoms. The number of anilines is 3. The molecule has 1 aliphatic heterocycles. The van der Waals surface area contributed by atoms with E-state index in [-0.39, 0.29) is 10.7 Å². The lowest BCUT2D eigenvalue weighted by molar-refractivity contribution is 0.192. The first kappa shape index (κ1) is 15.2. The Morgan fingerprint density at radius 1 is 1.25 bits per heavy atom. The Morgan fingerprint density at radius 3 is 2.40 bits per heavy atom. The van der Waals surface area contributed by atoms with Gasteiger partial charge in [-0.3, -0.25) is 4.90 Å². The molecule has 0 aliphatic carbocycles. The summed E-state index contributed by atoms with van der Waals surface area (Å²) in [6.07, 6.45) is 1.12. The van der Waals surface area contributed by atoms with Crippen LogP contribution < -0.4 is 16.4 Å². The number of hydrogen-bond acceptors (Lipinski definition) is 4. The molecule has 4 nitrogen and oxygen atoms in total. The van der Waals surface area contributed by atoms with E-state index in [9.17, 15) is 4.39 Å². The van der Waals surface area contributed by atoms with E-state index >= 15 is 0 Å². The number of nitrogen functional groups attached to an aromatic ring is 2. The van der Waals surface area contributed by atoms with Gasteiger partial charge in [0.2, 0.25) is 0 Å². The average Bonchev–Trinajstić information content (AvgIpc) is 2.45. The van der Waals surface area contributed by atoms with Crippen molar-refractivity contribution >= 4 is 28.7 Å². The molecule has 112 valence electrons. The van der Waals surface area contributed by atoms with Crippen LogP contribution in [-0.4, -0.2) is 37.1 Å². The summed E-state index contributed by atoms with van der Waals surface area (Å²) in [5.41, 5.74) is 12.4. The molecular formula is C14H22ClFN4. The smallest absolute Gasteiger partial charge is 0.169 e. The number of halogens is 2. The zero-order valence-electron chi connectivity index (χ0n) is 12.0. The first-order valence-corrected chi connectivity index (χ1v) is 7.35. The Kier molecular flexibility index (Phi) is 4.60. The molecule has 2 rings (SSSR count). The topological polar surface area (TPSA) is 58.5 Å². The standard InChI is InChI=1S/C14H22ClFN4/c1-3-9(2)19-4-6-20(7-5-19)14-11(18)8-10(17)12(15)13(14)16/h8-9H,3-7,17-18H2,1-2H3. The van der Waals surface area contributed by atoms with Gasteiger partial charge in [0.05, 0.1) is 17.1 Å². The van der Waals surface area contributed by atoms with Crippen molar-refractivity contribution < 1.29 is 4.39 Å². The van der Waals surface area contributed by atoms with Crippen LogP contribution in [0.1, 0.15) is 20.3 Å². The molecule has 1 aromatic rings. The fourth-order valence-corrected chi connectivity index (χ4v) is 2.77. The summed E-state index contributed by atoms with van der Waals surface area (Å²) in [7, 11) is 0. The van der Waals surface area contributed by atoms with E-state index in [4.69, 9.17) is 23.1 Å². The third-order valence-electron chi connectivity index (χ3n) is 4.08. The highest BCUT2D eigenvalue weighted by molar-refractivity contribution is 6.33. The van der Waals surface area contributed by atoms with Gasteiger partial charge in [0.1, 0.15) is 5.02 Å². The van der Waals surface area contributed by atoms with Crippen LogP contribution in [0.15, 0.2) is 6.07 Å². The quantitative estimate of drug-likeness (QED) is 0.842. The summed E-state index contributed by atoms with van der Waals surface area (Å²) in [4.78, 5) is 4.36. The number of benzene rings is 1. The molecule has 1 heterocycles. The third kappa shape index (κ3) is 2.79. The van der Waals surface area contributed by atoms with Gasteiger partial charge in [0.15, 0.2) is 5.82 Å². The molecule has 1 aliphatic rings. The van der Waals surface area contributed by atoms with Gasteiger partial charge < -0.3 is 16.4 Å². The van der Waals surface area contributed by atoms with Crippen LogP contribution in [0.5, 0.6) is 0 Å². The minimum atomic E-state index is -0.513. The zero-order valence-corrected chi connectivity index (χ0v) is 12.8. The Hall–Kier alpha value is -1.20. The summed E-state index contributed by atoms with van der Waals surface area (Å²) in [6, 6.07) is 2.08. The number of nitrogens with zero attached hydrogens (tertiary/aromatic N) is 2. The van der Waals surface area contributed by atoms with Crippen LogP contribution in [0, 0.1) is 5.82 Å². The van der Waals surface area contributed by atoms with E-state index in [1.807, 2.05) is 4.90 Å². The molecule has 0 saturated carbocycles. The van der Waals surface area contributed by atoms with Gasteiger partial charge in [-0.1, -0.05) is 18.5 Å². The van der Waals surface area contributed by atoms with Crippen molar-refractivity contribution in [1.82, 2.24) is 4.90 Å². The molecule has 1 unspecified atom stereocenters. The lowest BCUT2D eigenvalue weighted by Crippen LogP contribution is -2.49. The number of rotatable bonds is 3.